The van der Waals surface area contributed by atoms with Crippen molar-refractivity contribution in [2.24, 2.45) is 5.10 Å². The molecule has 1 aliphatic carbocycles. The van der Waals surface area contributed by atoms with Gasteiger partial charge >= 0.3 is 11.9 Å². The number of carboxylic acids is 2. The van der Waals surface area contributed by atoms with Crippen LogP contribution < -0.4 is 5.01 Å². The van der Waals surface area contributed by atoms with Crippen LogP contribution in [0.1, 0.15) is 26.2 Å². The zero-order valence-electron chi connectivity index (χ0n) is 13.7. The maximum Gasteiger partial charge on any atom is 0.328 e. The van der Waals surface area contributed by atoms with Gasteiger partial charge in [0.25, 0.3) is 5.91 Å². The van der Waals surface area contributed by atoms with Crippen molar-refractivity contribution in [3.05, 3.63) is 30.3 Å². The standard InChI is InChI=1S/C17H19N3O5/c1-10(16(22)23)19(11-7-8-11)15(21)13-9-14(17(24)25)20(18-13)12-5-3-2-4-6-12/h2-6,10-11,14H,7-9H2,1H3,(H,22,23)(H,24,25). The van der Waals surface area contributed by atoms with Gasteiger partial charge in [0.05, 0.1) is 5.69 Å². The van der Waals surface area contributed by atoms with Crippen LogP contribution in [0.2, 0.25) is 0 Å². The van der Waals surface area contributed by atoms with Crippen LogP contribution in [0.15, 0.2) is 35.4 Å². The van der Waals surface area contributed by atoms with E-state index in [4.69, 9.17) is 0 Å². The van der Waals surface area contributed by atoms with E-state index in [0.717, 1.165) is 12.8 Å². The van der Waals surface area contributed by atoms with E-state index in [-0.39, 0.29) is 18.2 Å². The molecule has 1 aromatic rings. The van der Waals surface area contributed by atoms with E-state index in [2.05, 4.69) is 5.10 Å². The first-order valence-corrected chi connectivity index (χ1v) is 8.10. The average Bonchev–Trinajstić information content (AvgIpc) is 3.31. The van der Waals surface area contributed by atoms with Crippen molar-refractivity contribution in [2.75, 3.05) is 5.01 Å². The summed E-state index contributed by atoms with van der Waals surface area (Å²) >= 11 is 0. The van der Waals surface area contributed by atoms with Crippen molar-refractivity contribution >= 4 is 29.2 Å². The number of hydrogen-bond acceptors (Lipinski definition) is 5. The topological polar surface area (TPSA) is 111 Å². The summed E-state index contributed by atoms with van der Waals surface area (Å²) in [6, 6.07) is 6.67. The van der Waals surface area contributed by atoms with Gasteiger partial charge in [0.1, 0.15) is 11.8 Å². The van der Waals surface area contributed by atoms with E-state index in [1.165, 1.54) is 16.8 Å². The molecule has 3 rings (SSSR count). The minimum atomic E-state index is -1.09. The molecule has 132 valence electrons. The number of carbonyl (C=O) groups is 3. The van der Waals surface area contributed by atoms with Crippen LogP contribution >= 0.6 is 0 Å². The van der Waals surface area contributed by atoms with Gasteiger partial charge in [0, 0.05) is 12.5 Å². The summed E-state index contributed by atoms with van der Waals surface area (Å²) in [5, 5.41) is 24.3. The van der Waals surface area contributed by atoms with Gasteiger partial charge in [-0.2, -0.15) is 5.10 Å². The number of hydrogen-bond donors (Lipinski definition) is 2. The van der Waals surface area contributed by atoms with Crippen molar-refractivity contribution < 1.29 is 24.6 Å². The summed E-state index contributed by atoms with van der Waals surface area (Å²) in [4.78, 5) is 37.0. The van der Waals surface area contributed by atoms with Gasteiger partial charge in [-0.15, -0.1) is 0 Å². The SMILES string of the molecule is CC(C(=O)O)N(C(=O)C1=NN(c2ccccc2)C(C(=O)O)C1)C1CC1. The lowest BCUT2D eigenvalue weighted by molar-refractivity contribution is -0.147. The van der Waals surface area contributed by atoms with Crippen molar-refractivity contribution in [3.63, 3.8) is 0 Å². The minimum Gasteiger partial charge on any atom is -0.480 e. The minimum absolute atomic E-state index is 0.0569. The Balaban J connectivity index is 1.89. The summed E-state index contributed by atoms with van der Waals surface area (Å²) in [6.45, 7) is 1.46. The van der Waals surface area contributed by atoms with E-state index in [9.17, 15) is 24.6 Å². The number of carboxylic acid groups (broad SMARTS) is 2. The quantitative estimate of drug-likeness (QED) is 0.801. The summed E-state index contributed by atoms with van der Waals surface area (Å²) in [7, 11) is 0. The molecule has 1 fully saturated rings. The van der Waals surface area contributed by atoms with Gasteiger partial charge in [0.2, 0.25) is 0 Å². The number of rotatable bonds is 6. The molecule has 8 nitrogen and oxygen atoms in total. The van der Waals surface area contributed by atoms with Crippen LogP contribution in [-0.2, 0) is 14.4 Å². The second kappa shape index (κ2) is 6.54. The lowest BCUT2D eigenvalue weighted by Crippen LogP contribution is -2.47. The molecule has 0 spiro atoms. The highest BCUT2D eigenvalue weighted by Crippen LogP contribution is 2.31. The van der Waals surface area contributed by atoms with E-state index in [1.54, 1.807) is 30.3 Å². The van der Waals surface area contributed by atoms with Gasteiger partial charge in [-0.1, -0.05) is 18.2 Å². The molecule has 0 radical (unpaired) electrons. The second-order valence-corrected chi connectivity index (χ2v) is 6.24. The predicted molar refractivity (Wildman–Crippen MR) is 89.4 cm³/mol. The molecule has 0 bridgehead atoms. The summed E-state index contributed by atoms with van der Waals surface area (Å²) in [5.41, 5.74) is 0.651. The van der Waals surface area contributed by atoms with Crippen LogP contribution in [0.25, 0.3) is 0 Å². The summed E-state index contributed by atoms with van der Waals surface area (Å²) in [6.07, 6.45) is 1.45. The molecular weight excluding hydrogens is 326 g/mol. The Hall–Kier alpha value is -2.90. The zero-order chi connectivity index (χ0) is 18.1. The third-order valence-electron chi connectivity index (χ3n) is 4.41. The fourth-order valence-corrected chi connectivity index (χ4v) is 2.93. The van der Waals surface area contributed by atoms with Gasteiger partial charge in [-0.25, -0.2) is 9.59 Å². The number of nitrogens with zero attached hydrogens (tertiary/aromatic N) is 3. The zero-order valence-corrected chi connectivity index (χ0v) is 13.7. The Labute approximate surface area is 144 Å². The van der Waals surface area contributed by atoms with Gasteiger partial charge in [0.15, 0.2) is 6.04 Å². The Morgan fingerprint density at radius 3 is 2.36 bits per heavy atom. The number of anilines is 1. The van der Waals surface area contributed by atoms with Crippen LogP contribution in [-0.4, -0.2) is 56.8 Å². The highest BCUT2D eigenvalue weighted by Gasteiger charge is 2.43. The van der Waals surface area contributed by atoms with Crippen molar-refractivity contribution in [1.82, 2.24) is 4.90 Å². The fourth-order valence-electron chi connectivity index (χ4n) is 2.93. The Morgan fingerprint density at radius 1 is 1.20 bits per heavy atom. The maximum atomic E-state index is 12.8. The van der Waals surface area contributed by atoms with E-state index < -0.39 is 29.9 Å². The highest BCUT2D eigenvalue weighted by atomic mass is 16.4. The Bertz CT molecular complexity index is 729. The molecule has 2 unspecified atom stereocenters. The molecule has 1 saturated carbocycles. The summed E-state index contributed by atoms with van der Waals surface area (Å²) in [5.74, 6) is -2.67. The molecule has 2 aliphatic rings. The van der Waals surface area contributed by atoms with Gasteiger partial charge in [-0.3, -0.25) is 9.80 Å². The lowest BCUT2D eigenvalue weighted by Gasteiger charge is -2.26. The largest absolute Gasteiger partial charge is 0.480 e. The molecule has 25 heavy (non-hydrogen) atoms. The van der Waals surface area contributed by atoms with Crippen LogP contribution in [0.5, 0.6) is 0 Å². The number of amides is 1. The molecular formula is C17H19N3O5. The molecule has 1 aromatic carbocycles. The van der Waals surface area contributed by atoms with Crippen molar-refractivity contribution in [3.8, 4) is 0 Å². The second-order valence-electron chi connectivity index (χ2n) is 6.24. The monoisotopic (exact) mass is 345 g/mol. The van der Waals surface area contributed by atoms with Gasteiger partial charge < -0.3 is 15.1 Å². The lowest BCUT2D eigenvalue weighted by atomic mass is 10.1. The fraction of sp³-hybridized carbons (Fsp3) is 0.412. The Kier molecular flexibility index (Phi) is 4.43. The number of carbonyl (C=O) groups excluding carboxylic acids is 1. The number of benzene rings is 1. The van der Waals surface area contributed by atoms with E-state index in [1.807, 2.05) is 0 Å². The molecule has 2 atom stereocenters. The van der Waals surface area contributed by atoms with E-state index >= 15 is 0 Å². The molecule has 0 aromatic heterocycles. The first-order chi connectivity index (χ1) is 11.9. The van der Waals surface area contributed by atoms with Crippen molar-refractivity contribution in [1.29, 1.82) is 0 Å². The third kappa shape index (κ3) is 3.33. The van der Waals surface area contributed by atoms with Gasteiger partial charge in [-0.05, 0) is 31.9 Å². The maximum absolute atomic E-state index is 12.8. The molecule has 1 amide bonds. The van der Waals surface area contributed by atoms with Crippen LogP contribution in [0.3, 0.4) is 0 Å². The molecule has 0 saturated heterocycles. The van der Waals surface area contributed by atoms with Crippen LogP contribution in [0, 0.1) is 0 Å². The molecule has 2 N–H and O–H groups in total. The van der Waals surface area contributed by atoms with Crippen LogP contribution in [0.4, 0.5) is 5.69 Å². The predicted octanol–water partition coefficient (Wildman–Crippen LogP) is 1.17. The smallest absolute Gasteiger partial charge is 0.328 e. The normalized spacial score (nSPS) is 20.8. The summed E-state index contributed by atoms with van der Waals surface area (Å²) < 4.78 is 0. The first-order valence-electron chi connectivity index (χ1n) is 8.10. The first kappa shape index (κ1) is 16.9. The highest BCUT2D eigenvalue weighted by molar-refractivity contribution is 6.40. The van der Waals surface area contributed by atoms with Crippen molar-refractivity contribution in [2.45, 2.75) is 44.3 Å². The Morgan fingerprint density at radius 2 is 1.84 bits per heavy atom. The molecule has 8 heteroatoms. The number of para-hydroxylation sites is 1. The number of hydrazone groups is 1. The number of aliphatic carboxylic acids is 2. The molecule has 1 aliphatic heterocycles. The van der Waals surface area contributed by atoms with E-state index in [0.29, 0.717) is 5.69 Å². The third-order valence-corrected chi connectivity index (χ3v) is 4.41. The molecule has 1 heterocycles. The average molecular weight is 345 g/mol.